The van der Waals surface area contributed by atoms with Crippen molar-refractivity contribution in [2.24, 2.45) is 0 Å². The van der Waals surface area contributed by atoms with E-state index in [0.29, 0.717) is 13.0 Å². The van der Waals surface area contributed by atoms with Gasteiger partial charge in [-0.25, -0.2) is 8.78 Å². The highest BCUT2D eigenvalue weighted by atomic mass is 19.1. The molecule has 0 heterocycles. The molecule has 2 aromatic carbocycles. The highest BCUT2D eigenvalue weighted by molar-refractivity contribution is 5.35. The zero-order valence-electron chi connectivity index (χ0n) is 12.2. The van der Waals surface area contributed by atoms with Crippen molar-refractivity contribution >= 4 is 0 Å². The molecule has 1 N–H and O–H groups in total. The highest BCUT2D eigenvalue weighted by Gasteiger charge is 2.20. The Bertz CT molecular complexity index is 581. The highest BCUT2D eigenvalue weighted by Crippen LogP contribution is 2.28. The van der Waals surface area contributed by atoms with Crippen LogP contribution in [0, 0.1) is 11.6 Å². The van der Waals surface area contributed by atoms with E-state index in [9.17, 15) is 8.78 Å². The van der Waals surface area contributed by atoms with Gasteiger partial charge in [-0.3, -0.25) is 0 Å². The summed E-state index contributed by atoms with van der Waals surface area (Å²) in [5, 5.41) is 3.14. The van der Waals surface area contributed by atoms with Gasteiger partial charge in [-0.2, -0.15) is 0 Å². The molecule has 0 fully saturated rings. The van der Waals surface area contributed by atoms with E-state index in [1.165, 1.54) is 18.2 Å². The van der Waals surface area contributed by atoms with E-state index in [-0.39, 0.29) is 5.56 Å². The van der Waals surface area contributed by atoms with Crippen molar-refractivity contribution < 1.29 is 13.5 Å². The van der Waals surface area contributed by atoms with Crippen LogP contribution in [-0.4, -0.2) is 13.7 Å². The molecule has 0 amide bonds. The van der Waals surface area contributed by atoms with Crippen LogP contribution in [0.15, 0.2) is 42.5 Å². The predicted octanol–water partition coefficient (Wildman–Crippen LogP) is 3.87. The maximum Gasteiger partial charge on any atom is 0.130 e. The first-order chi connectivity index (χ1) is 10.2. The number of benzene rings is 2. The Morgan fingerprint density at radius 2 is 1.71 bits per heavy atom. The number of methoxy groups -OCH3 is 1. The Labute approximate surface area is 123 Å². The summed E-state index contributed by atoms with van der Waals surface area (Å²) in [6, 6.07) is 11.0. The van der Waals surface area contributed by atoms with E-state index in [0.717, 1.165) is 11.3 Å². The van der Waals surface area contributed by atoms with Gasteiger partial charge in [0, 0.05) is 11.6 Å². The van der Waals surface area contributed by atoms with Gasteiger partial charge < -0.3 is 10.1 Å². The van der Waals surface area contributed by atoms with Gasteiger partial charge in [0.1, 0.15) is 17.4 Å². The van der Waals surface area contributed by atoms with Gasteiger partial charge in [0.15, 0.2) is 0 Å². The lowest BCUT2D eigenvalue weighted by Gasteiger charge is -2.21. The molecule has 0 aliphatic heterocycles. The minimum Gasteiger partial charge on any atom is -0.496 e. The summed E-state index contributed by atoms with van der Waals surface area (Å²) in [7, 11) is 1.59. The first kappa shape index (κ1) is 15.4. The van der Waals surface area contributed by atoms with E-state index in [1.54, 1.807) is 7.11 Å². The third-order valence-electron chi connectivity index (χ3n) is 3.42. The maximum absolute atomic E-state index is 14.0. The molecule has 21 heavy (non-hydrogen) atoms. The number of para-hydroxylation sites is 1. The lowest BCUT2D eigenvalue weighted by Crippen LogP contribution is -2.25. The molecule has 112 valence electrons. The van der Waals surface area contributed by atoms with Crippen LogP contribution in [0.25, 0.3) is 0 Å². The molecule has 0 aliphatic rings. The standard InChI is InChI=1S/C17H19F2NO/c1-3-20-15(17-13(18)8-6-9-14(17)19)11-12-7-4-5-10-16(12)21-2/h4-10,15,20H,3,11H2,1-2H3. The topological polar surface area (TPSA) is 21.3 Å². The lowest BCUT2D eigenvalue weighted by atomic mass is 9.97. The summed E-state index contributed by atoms with van der Waals surface area (Å²) < 4.78 is 33.3. The third-order valence-corrected chi connectivity index (χ3v) is 3.42. The third kappa shape index (κ3) is 3.58. The van der Waals surface area contributed by atoms with Gasteiger partial charge in [0.05, 0.1) is 7.11 Å². The number of halogens is 2. The summed E-state index contributed by atoms with van der Waals surface area (Å²) in [5.74, 6) is -0.344. The second-order valence-electron chi connectivity index (χ2n) is 4.76. The molecule has 0 saturated heterocycles. The van der Waals surface area contributed by atoms with E-state index < -0.39 is 17.7 Å². The zero-order valence-corrected chi connectivity index (χ0v) is 12.2. The number of ether oxygens (including phenoxy) is 1. The minimum atomic E-state index is -0.532. The molecular weight excluding hydrogens is 272 g/mol. The molecular formula is C17H19F2NO. The van der Waals surface area contributed by atoms with Crippen molar-refractivity contribution in [1.82, 2.24) is 5.32 Å². The normalized spacial score (nSPS) is 12.2. The second kappa shape index (κ2) is 7.18. The van der Waals surface area contributed by atoms with Crippen molar-refractivity contribution in [3.05, 3.63) is 65.2 Å². The fraction of sp³-hybridized carbons (Fsp3) is 0.294. The summed E-state index contributed by atoms with van der Waals surface area (Å²) in [4.78, 5) is 0. The Morgan fingerprint density at radius 1 is 1.05 bits per heavy atom. The summed E-state index contributed by atoms with van der Waals surface area (Å²) >= 11 is 0. The van der Waals surface area contributed by atoms with Gasteiger partial charge >= 0.3 is 0 Å². The molecule has 2 aromatic rings. The number of hydrogen-bond donors (Lipinski definition) is 1. The van der Waals surface area contributed by atoms with E-state index in [4.69, 9.17) is 4.74 Å². The molecule has 0 aliphatic carbocycles. The van der Waals surface area contributed by atoms with E-state index in [1.807, 2.05) is 31.2 Å². The number of hydrogen-bond acceptors (Lipinski definition) is 2. The fourth-order valence-electron chi connectivity index (χ4n) is 2.46. The SMILES string of the molecule is CCNC(Cc1ccccc1OC)c1c(F)cccc1F. The lowest BCUT2D eigenvalue weighted by molar-refractivity contribution is 0.403. The fourth-order valence-corrected chi connectivity index (χ4v) is 2.46. The van der Waals surface area contributed by atoms with Crippen LogP contribution in [0.4, 0.5) is 8.78 Å². The van der Waals surface area contributed by atoms with Crippen LogP contribution in [0.1, 0.15) is 24.1 Å². The van der Waals surface area contributed by atoms with Crippen LogP contribution in [0.5, 0.6) is 5.75 Å². The second-order valence-corrected chi connectivity index (χ2v) is 4.76. The van der Waals surface area contributed by atoms with Gasteiger partial charge in [0.2, 0.25) is 0 Å². The van der Waals surface area contributed by atoms with Gasteiger partial charge in [-0.05, 0) is 36.7 Å². The largest absolute Gasteiger partial charge is 0.496 e. The van der Waals surface area contributed by atoms with Gasteiger partial charge in [-0.1, -0.05) is 31.2 Å². The first-order valence-corrected chi connectivity index (χ1v) is 6.96. The van der Waals surface area contributed by atoms with Crippen molar-refractivity contribution in [1.29, 1.82) is 0 Å². The predicted molar refractivity (Wildman–Crippen MR) is 79.5 cm³/mol. The molecule has 1 atom stereocenters. The molecule has 0 radical (unpaired) electrons. The maximum atomic E-state index is 14.0. The van der Waals surface area contributed by atoms with Crippen molar-refractivity contribution in [3.63, 3.8) is 0 Å². The Balaban J connectivity index is 2.36. The zero-order chi connectivity index (χ0) is 15.2. The summed E-state index contributed by atoms with van der Waals surface area (Å²) in [6.45, 7) is 2.53. The molecule has 1 unspecified atom stereocenters. The van der Waals surface area contributed by atoms with Crippen LogP contribution < -0.4 is 10.1 Å². The average molecular weight is 291 g/mol. The number of likely N-dealkylation sites (N-methyl/N-ethyl adjacent to an activating group) is 1. The van der Waals surface area contributed by atoms with E-state index in [2.05, 4.69) is 5.32 Å². The summed E-state index contributed by atoms with van der Waals surface area (Å²) in [6.07, 6.45) is 0.454. The Morgan fingerprint density at radius 3 is 2.33 bits per heavy atom. The molecule has 2 rings (SSSR count). The van der Waals surface area contributed by atoms with Crippen molar-refractivity contribution in [2.45, 2.75) is 19.4 Å². The Hall–Kier alpha value is -1.94. The quantitative estimate of drug-likeness (QED) is 0.872. The molecule has 0 saturated carbocycles. The Kier molecular flexibility index (Phi) is 5.28. The van der Waals surface area contributed by atoms with E-state index >= 15 is 0 Å². The molecule has 0 bridgehead atoms. The first-order valence-electron chi connectivity index (χ1n) is 6.96. The molecule has 0 spiro atoms. The van der Waals surface area contributed by atoms with Crippen LogP contribution in [-0.2, 0) is 6.42 Å². The monoisotopic (exact) mass is 291 g/mol. The average Bonchev–Trinajstić information content (AvgIpc) is 2.48. The molecule has 0 aromatic heterocycles. The van der Waals surface area contributed by atoms with Crippen molar-refractivity contribution in [2.75, 3.05) is 13.7 Å². The van der Waals surface area contributed by atoms with Crippen LogP contribution in [0.2, 0.25) is 0 Å². The number of nitrogens with one attached hydrogen (secondary N) is 1. The minimum absolute atomic E-state index is 0.0743. The van der Waals surface area contributed by atoms with Gasteiger partial charge in [-0.15, -0.1) is 0 Å². The van der Waals surface area contributed by atoms with Crippen molar-refractivity contribution in [3.8, 4) is 5.75 Å². The molecule has 2 nitrogen and oxygen atoms in total. The smallest absolute Gasteiger partial charge is 0.130 e. The van der Waals surface area contributed by atoms with Crippen LogP contribution >= 0.6 is 0 Å². The molecule has 4 heteroatoms. The number of rotatable bonds is 6. The van der Waals surface area contributed by atoms with Crippen LogP contribution in [0.3, 0.4) is 0 Å². The van der Waals surface area contributed by atoms with Gasteiger partial charge in [0.25, 0.3) is 0 Å². The summed E-state index contributed by atoms with van der Waals surface area (Å²) in [5.41, 5.74) is 0.985.